The van der Waals surface area contributed by atoms with E-state index in [-0.39, 0.29) is 16.9 Å². The molecule has 0 amide bonds. The van der Waals surface area contributed by atoms with Gasteiger partial charge in [-0.05, 0) is 25.1 Å². The third-order valence-corrected chi connectivity index (χ3v) is 3.80. The third kappa shape index (κ3) is 2.09. The van der Waals surface area contributed by atoms with Crippen LogP contribution in [-0.4, -0.2) is 9.55 Å². The Morgan fingerprint density at radius 3 is 2.90 bits per heavy atom. The van der Waals surface area contributed by atoms with Crippen LogP contribution in [0, 0.1) is 5.82 Å². The first kappa shape index (κ1) is 13.5. The summed E-state index contributed by atoms with van der Waals surface area (Å²) in [7, 11) is 0. The van der Waals surface area contributed by atoms with Crippen LogP contribution in [0.15, 0.2) is 34.9 Å². The second-order valence-corrected chi connectivity index (χ2v) is 5.15. The fourth-order valence-corrected chi connectivity index (χ4v) is 2.67. The summed E-state index contributed by atoms with van der Waals surface area (Å²) in [6.07, 6.45) is 1.60. The molecule has 1 atom stereocenters. The van der Waals surface area contributed by atoms with Crippen LogP contribution in [-0.2, 0) is 5.88 Å². The molecule has 0 N–H and O–H groups in total. The maximum absolute atomic E-state index is 13.7. The van der Waals surface area contributed by atoms with Crippen molar-refractivity contribution in [3.8, 4) is 0 Å². The Kier molecular flexibility index (Phi) is 3.44. The molecule has 0 radical (unpaired) electrons. The van der Waals surface area contributed by atoms with Gasteiger partial charge in [-0.1, -0.05) is 11.6 Å². The summed E-state index contributed by atoms with van der Waals surface area (Å²) in [6.45, 7) is 1.95. The third-order valence-electron chi connectivity index (χ3n) is 3.27. The van der Waals surface area contributed by atoms with Gasteiger partial charge >= 0.3 is 0 Å². The van der Waals surface area contributed by atoms with Crippen LogP contribution in [0.2, 0.25) is 5.02 Å². The van der Waals surface area contributed by atoms with E-state index in [0.29, 0.717) is 16.9 Å². The van der Waals surface area contributed by atoms with Crippen LogP contribution in [0.5, 0.6) is 0 Å². The van der Waals surface area contributed by atoms with Gasteiger partial charge in [0.15, 0.2) is 0 Å². The van der Waals surface area contributed by atoms with Crippen LogP contribution in [0.1, 0.15) is 24.6 Å². The average molecular weight is 313 g/mol. The SMILES string of the molecule is CC(c1ccco1)n1c(CCl)nc2cc(Cl)c(F)cc21. The van der Waals surface area contributed by atoms with Crippen LogP contribution >= 0.6 is 23.2 Å². The summed E-state index contributed by atoms with van der Waals surface area (Å²) in [5.41, 5.74) is 1.26. The van der Waals surface area contributed by atoms with Crippen molar-refractivity contribution < 1.29 is 8.81 Å². The van der Waals surface area contributed by atoms with Crippen molar-refractivity contribution in [2.24, 2.45) is 0 Å². The number of benzene rings is 1. The Balaban J connectivity index is 2.25. The molecule has 1 unspecified atom stereocenters. The zero-order chi connectivity index (χ0) is 14.3. The number of imidazole rings is 1. The van der Waals surface area contributed by atoms with Gasteiger partial charge in [0.05, 0.1) is 34.2 Å². The Bertz CT molecular complexity index is 752. The lowest BCUT2D eigenvalue weighted by Crippen LogP contribution is -2.09. The van der Waals surface area contributed by atoms with E-state index in [4.69, 9.17) is 27.6 Å². The predicted octanol–water partition coefficient (Wildman–Crippen LogP) is 4.77. The van der Waals surface area contributed by atoms with Crippen LogP contribution in [0.25, 0.3) is 11.0 Å². The van der Waals surface area contributed by atoms with Crippen molar-refractivity contribution in [1.29, 1.82) is 0 Å². The topological polar surface area (TPSA) is 31.0 Å². The van der Waals surface area contributed by atoms with Crippen molar-refractivity contribution in [3.63, 3.8) is 0 Å². The number of halogens is 3. The first-order valence-electron chi connectivity index (χ1n) is 6.07. The highest BCUT2D eigenvalue weighted by atomic mass is 35.5. The lowest BCUT2D eigenvalue weighted by atomic mass is 10.2. The van der Waals surface area contributed by atoms with Crippen LogP contribution in [0.4, 0.5) is 4.39 Å². The lowest BCUT2D eigenvalue weighted by Gasteiger charge is -2.14. The quantitative estimate of drug-likeness (QED) is 0.652. The number of alkyl halides is 1. The number of aromatic nitrogens is 2. The van der Waals surface area contributed by atoms with E-state index >= 15 is 0 Å². The number of hydrogen-bond acceptors (Lipinski definition) is 2. The van der Waals surface area contributed by atoms with E-state index in [1.54, 1.807) is 6.26 Å². The molecule has 0 spiro atoms. The first-order valence-corrected chi connectivity index (χ1v) is 6.98. The van der Waals surface area contributed by atoms with E-state index in [1.165, 1.54) is 12.1 Å². The van der Waals surface area contributed by atoms with Gasteiger partial charge in [-0.25, -0.2) is 9.37 Å². The number of fused-ring (bicyclic) bond motifs is 1. The molecule has 3 rings (SSSR count). The van der Waals surface area contributed by atoms with Gasteiger partial charge in [-0.3, -0.25) is 0 Å². The van der Waals surface area contributed by atoms with Gasteiger partial charge in [0.1, 0.15) is 17.4 Å². The normalized spacial score (nSPS) is 13.0. The van der Waals surface area contributed by atoms with Crippen molar-refractivity contribution in [3.05, 3.63) is 53.0 Å². The molecule has 0 aliphatic carbocycles. The molecule has 20 heavy (non-hydrogen) atoms. The Morgan fingerprint density at radius 1 is 1.45 bits per heavy atom. The minimum absolute atomic E-state index is 0.0499. The monoisotopic (exact) mass is 312 g/mol. The fraction of sp³-hybridized carbons (Fsp3) is 0.214. The summed E-state index contributed by atoms with van der Waals surface area (Å²) in [6, 6.07) is 6.42. The molecule has 1 aromatic carbocycles. The van der Waals surface area contributed by atoms with Crippen molar-refractivity contribution in [2.45, 2.75) is 18.8 Å². The molecule has 6 heteroatoms. The molecular weight excluding hydrogens is 302 g/mol. The van der Waals surface area contributed by atoms with Crippen molar-refractivity contribution in [2.75, 3.05) is 0 Å². The maximum atomic E-state index is 13.7. The minimum atomic E-state index is -0.479. The van der Waals surface area contributed by atoms with E-state index in [2.05, 4.69) is 4.98 Å². The van der Waals surface area contributed by atoms with E-state index in [1.807, 2.05) is 23.6 Å². The fourth-order valence-electron chi connectivity index (χ4n) is 2.32. The van der Waals surface area contributed by atoms with E-state index < -0.39 is 5.82 Å². The number of furan rings is 1. The zero-order valence-electron chi connectivity index (χ0n) is 10.6. The van der Waals surface area contributed by atoms with Gasteiger partial charge in [0.2, 0.25) is 0 Å². The largest absolute Gasteiger partial charge is 0.467 e. The van der Waals surface area contributed by atoms with Gasteiger partial charge in [-0.2, -0.15) is 0 Å². The highest BCUT2D eigenvalue weighted by Crippen LogP contribution is 2.30. The molecule has 3 aromatic rings. The molecule has 0 saturated carbocycles. The summed E-state index contributed by atoms with van der Waals surface area (Å²) < 4.78 is 21.0. The molecule has 2 aromatic heterocycles. The zero-order valence-corrected chi connectivity index (χ0v) is 12.1. The smallest absolute Gasteiger partial charge is 0.144 e. The van der Waals surface area contributed by atoms with Gasteiger partial charge in [0, 0.05) is 6.07 Å². The standard InChI is InChI=1S/C14H11Cl2FN2O/c1-8(13-3-2-4-20-13)19-12-6-10(17)9(16)5-11(12)18-14(19)7-15/h2-6,8H,7H2,1H3. The molecule has 3 nitrogen and oxygen atoms in total. The Hall–Kier alpha value is -1.52. The average Bonchev–Trinajstić information content (AvgIpc) is 3.06. The molecule has 0 bridgehead atoms. The summed E-state index contributed by atoms with van der Waals surface area (Å²) >= 11 is 11.7. The molecule has 0 aliphatic heterocycles. The number of nitrogens with zero attached hydrogens (tertiary/aromatic N) is 2. The highest BCUT2D eigenvalue weighted by molar-refractivity contribution is 6.31. The molecule has 0 aliphatic rings. The maximum Gasteiger partial charge on any atom is 0.144 e. The number of hydrogen-bond donors (Lipinski definition) is 0. The van der Waals surface area contributed by atoms with Gasteiger partial charge in [-0.15, -0.1) is 11.6 Å². The van der Waals surface area contributed by atoms with Crippen LogP contribution < -0.4 is 0 Å². The summed E-state index contributed by atoms with van der Waals surface area (Å²) in [4.78, 5) is 4.40. The molecule has 0 saturated heterocycles. The van der Waals surface area contributed by atoms with E-state index in [0.717, 1.165) is 5.76 Å². The predicted molar refractivity (Wildman–Crippen MR) is 76.8 cm³/mol. The van der Waals surface area contributed by atoms with Crippen molar-refractivity contribution in [1.82, 2.24) is 9.55 Å². The van der Waals surface area contributed by atoms with Gasteiger partial charge in [0.25, 0.3) is 0 Å². The number of rotatable bonds is 3. The minimum Gasteiger partial charge on any atom is -0.467 e. The van der Waals surface area contributed by atoms with Crippen molar-refractivity contribution >= 4 is 34.2 Å². The highest BCUT2D eigenvalue weighted by Gasteiger charge is 2.19. The molecule has 104 valence electrons. The van der Waals surface area contributed by atoms with Gasteiger partial charge < -0.3 is 8.98 Å². The summed E-state index contributed by atoms with van der Waals surface area (Å²) in [5, 5.41) is 0.0499. The summed E-state index contributed by atoms with van der Waals surface area (Å²) in [5.74, 6) is 1.14. The van der Waals surface area contributed by atoms with Crippen LogP contribution in [0.3, 0.4) is 0 Å². The Morgan fingerprint density at radius 2 is 2.25 bits per heavy atom. The molecule has 0 fully saturated rings. The molecule has 2 heterocycles. The Labute approximate surface area is 124 Å². The lowest BCUT2D eigenvalue weighted by molar-refractivity contribution is 0.446. The second kappa shape index (κ2) is 5.11. The van der Waals surface area contributed by atoms with E-state index in [9.17, 15) is 4.39 Å². The first-order chi connectivity index (χ1) is 9.61. The molecular formula is C14H11Cl2FN2O. The second-order valence-electron chi connectivity index (χ2n) is 4.48.